The maximum atomic E-state index is 5.40. The van der Waals surface area contributed by atoms with E-state index in [1.165, 1.54) is 36.7 Å². The smallest absolute Gasteiger partial charge is 0.160 e. The maximum absolute atomic E-state index is 5.40. The Hall–Kier alpha value is -7.99. The van der Waals surface area contributed by atoms with Gasteiger partial charge in [0.1, 0.15) is 5.69 Å². The van der Waals surface area contributed by atoms with Crippen LogP contribution in [0.2, 0.25) is 0 Å². The number of nitrogens with zero attached hydrogens (tertiary/aromatic N) is 4. The van der Waals surface area contributed by atoms with Gasteiger partial charge in [0, 0.05) is 58.9 Å². The van der Waals surface area contributed by atoms with Gasteiger partial charge in [-0.15, -0.1) is 11.3 Å². The van der Waals surface area contributed by atoms with Crippen LogP contribution in [0.3, 0.4) is 0 Å². The lowest BCUT2D eigenvalue weighted by atomic mass is 9.95. The number of pyridine rings is 1. The van der Waals surface area contributed by atoms with Crippen LogP contribution in [0.5, 0.6) is 0 Å². The number of thiophene rings is 1. The summed E-state index contributed by atoms with van der Waals surface area (Å²) in [6, 6.07) is 77.3. The number of benzene rings is 8. The summed E-state index contributed by atoms with van der Waals surface area (Å²) in [7, 11) is 0. The van der Waals surface area contributed by atoms with E-state index < -0.39 is 0 Å². The Balaban J connectivity index is 0.988. The van der Waals surface area contributed by atoms with Crippen LogP contribution >= 0.6 is 11.3 Å². The fourth-order valence-electron chi connectivity index (χ4n) is 8.88. The Morgan fingerprint density at radius 2 is 0.935 bits per heavy atom. The summed E-state index contributed by atoms with van der Waals surface area (Å²) in [6.07, 6.45) is 0. The lowest BCUT2D eigenvalue weighted by Gasteiger charge is -2.12. The van der Waals surface area contributed by atoms with Gasteiger partial charge < -0.3 is 0 Å². The van der Waals surface area contributed by atoms with Crippen molar-refractivity contribution in [3.05, 3.63) is 218 Å². The molecule has 0 N–H and O–H groups in total. The molecule has 4 nitrogen and oxygen atoms in total. The third-order valence-electron chi connectivity index (χ3n) is 11.9. The largest absolute Gasteiger partial charge is 0.231 e. The van der Waals surface area contributed by atoms with Crippen LogP contribution < -0.4 is 0 Å². The predicted molar refractivity (Wildman–Crippen MR) is 259 cm³/mol. The minimum atomic E-state index is 0.690. The molecule has 290 valence electrons. The Morgan fingerprint density at radius 3 is 1.63 bits per heavy atom. The molecule has 0 amide bonds. The van der Waals surface area contributed by atoms with Crippen molar-refractivity contribution < 1.29 is 0 Å². The van der Waals surface area contributed by atoms with Gasteiger partial charge in [0.15, 0.2) is 5.82 Å². The maximum Gasteiger partial charge on any atom is 0.160 e. The summed E-state index contributed by atoms with van der Waals surface area (Å²) in [5, 5.41) is 10.3. The highest BCUT2D eigenvalue weighted by atomic mass is 32.1. The molecule has 4 aromatic heterocycles. The molecule has 0 saturated carbocycles. The van der Waals surface area contributed by atoms with E-state index in [0.29, 0.717) is 5.82 Å². The minimum Gasteiger partial charge on any atom is -0.231 e. The molecule has 0 aliphatic heterocycles. The van der Waals surface area contributed by atoms with E-state index >= 15 is 0 Å². The molecule has 0 spiro atoms. The quantitative estimate of drug-likeness (QED) is 0.161. The van der Waals surface area contributed by atoms with Gasteiger partial charge >= 0.3 is 0 Å². The summed E-state index contributed by atoms with van der Waals surface area (Å²) >= 11 is 1.85. The molecule has 0 bridgehead atoms. The van der Waals surface area contributed by atoms with E-state index in [4.69, 9.17) is 15.1 Å². The van der Waals surface area contributed by atoms with E-state index in [1.54, 1.807) is 0 Å². The Bertz CT molecular complexity index is 3590. The van der Waals surface area contributed by atoms with Gasteiger partial charge in [-0.25, -0.2) is 14.5 Å². The van der Waals surface area contributed by atoms with Crippen molar-refractivity contribution in [1.29, 1.82) is 0 Å². The van der Waals surface area contributed by atoms with Crippen molar-refractivity contribution >= 4 is 47.8 Å². The van der Waals surface area contributed by atoms with Crippen molar-refractivity contribution in [2.24, 2.45) is 0 Å². The third-order valence-corrected chi connectivity index (χ3v) is 13.0. The van der Waals surface area contributed by atoms with Gasteiger partial charge in [0.05, 0.1) is 22.6 Å². The molecule has 4 heterocycles. The highest BCUT2D eigenvalue weighted by Gasteiger charge is 2.22. The van der Waals surface area contributed by atoms with Crippen LogP contribution in [0.25, 0.3) is 115 Å². The molecule has 5 heteroatoms. The van der Waals surface area contributed by atoms with E-state index in [2.05, 4.69) is 205 Å². The van der Waals surface area contributed by atoms with E-state index in [9.17, 15) is 0 Å². The van der Waals surface area contributed by atoms with E-state index in [1.807, 2.05) is 29.5 Å². The second-order valence-electron chi connectivity index (χ2n) is 15.6. The zero-order valence-electron chi connectivity index (χ0n) is 33.5. The second-order valence-corrected chi connectivity index (χ2v) is 16.7. The Kier molecular flexibility index (Phi) is 8.65. The molecule has 12 rings (SSSR count). The fourth-order valence-corrected chi connectivity index (χ4v) is 10.0. The summed E-state index contributed by atoms with van der Waals surface area (Å²) < 4.78 is 4.75. The van der Waals surface area contributed by atoms with Gasteiger partial charge in [-0.2, -0.15) is 5.10 Å². The number of rotatable bonds is 7. The van der Waals surface area contributed by atoms with Gasteiger partial charge in [-0.3, -0.25) is 0 Å². The molecule has 12 aromatic rings. The third kappa shape index (κ3) is 6.18. The first kappa shape index (κ1) is 35.9. The SMILES string of the molecule is c1ccc(-c2nc(-c3ccc(-c4cccc5sc6ccccc6c45)cc3)cc(-c3ccc(-c4c(-c5ccccc5)nn5c(-c6ccccc6)cc6ccccc6c45)cc3)n2)cc1. The summed E-state index contributed by atoms with van der Waals surface area (Å²) in [4.78, 5) is 10.4. The average molecular weight is 809 g/mol. The minimum absolute atomic E-state index is 0.690. The van der Waals surface area contributed by atoms with Crippen LogP contribution in [-0.4, -0.2) is 19.6 Å². The van der Waals surface area contributed by atoms with Crippen LogP contribution in [-0.2, 0) is 0 Å². The topological polar surface area (TPSA) is 43.1 Å². The van der Waals surface area contributed by atoms with Crippen LogP contribution in [0.15, 0.2) is 218 Å². The lowest BCUT2D eigenvalue weighted by molar-refractivity contribution is 0.979. The van der Waals surface area contributed by atoms with Crippen LogP contribution in [0, 0.1) is 0 Å². The molecular formula is C57H36N4S. The molecule has 0 radical (unpaired) electrons. The highest BCUT2D eigenvalue weighted by Crippen LogP contribution is 2.43. The highest BCUT2D eigenvalue weighted by molar-refractivity contribution is 7.25. The molecule has 0 saturated heterocycles. The first-order valence-electron chi connectivity index (χ1n) is 20.9. The number of aromatic nitrogens is 4. The van der Waals surface area contributed by atoms with E-state index in [-0.39, 0.29) is 0 Å². The van der Waals surface area contributed by atoms with Gasteiger partial charge in [0.2, 0.25) is 0 Å². The monoisotopic (exact) mass is 808 g/mol. The first-order valence-corrected chi connectivity index (χ1v) is 21.7. The molecule has 0 fully saturated rings. The zero-order valence-corrected chi connectivity index (χ0v) is 34.3. The molecule has 0 atom stereocenters. The van der Waals surface area contributed by atoms with Gasteiger partial charge in [-0.05, 0) is 46.3 Å². The first-order chi connectivity index (χ1) is 30.7. The van der Waals surface area contributed by atoms with Crippen molar-refractivity contribution in [1.82, 2.24) is 19.6 Å². The summed E-state index contributed by atoms with van der Waals surface area (Å²) in [5.41, 5.74) is 14.6. The standard InChI is InChI=1S/C57H36N4S/c1-4-15-40(16-5-1)50-35-44-21-10-11-22-46(44)56-53(55(60-61(50)56)42-17-6-2-7-18-42)41-33-31-39(32-34-41)49-36-48(58-57(59-49)43-19-8-3-9-20-43)38-29-27-37(28-30-38)45-24-14-26-52-54(45)47-23-12-13-25-51(47)62-52/h1-36H. The van der Waals surface area contributed by atoms with Crippen LogP contribution in [0.4, 0.5) is 0 Å². The summed E-state index contributed by atoms with van der Waals surface area (Å²) in [5.74, 6) is 0.690. The Labute approximate surface area is 362 Å². The van der Waals surface area contributed by atoms with Crippen LogP contribution in [0.1, 0.15) is 0 Å². The van der Waals surface area contributed by atoms with E-state index in [0.717, 1.165) is 72.6 Å². The summed E-state index contributed by atoms with van der Waals surface area (Å²) in [6.45, 7) is 0. The molecular weight excluding hydrogens is 773 g/mol. The van der Waals surface area contributed by atoms with Crippen molar-refractivity contribution in [2.75, 3.05) is 0 Å². The number of hydrogen-bond donors (Lipinski definition) is 0. The molecule has 62 heavy (non-hydrogen) atoms. The van der Waals surface area contributed by atoms with Crippen molar-refractivity contribution in [2.45, 2.75) is 0 Å². The lowest BCUT2D eigenvalue weighted by Crippen LogP contribution is -1.96. The fraction of sp³-hybridized carbons (Fsp3) is 0. The second kappa shape index (κ2) is 14.9. The molecule has 0 aliphatic rings. The number of fused-ring (bicyclic) bond motifs is 6. The predicted octanol–water partition coefficient (Wildman–Crippen LogP) is 15.3. The zero-order chi connectivity index (χ0) is 41.0. The average Bonchev–Trinajstić information content (AvgIpc) is 3.95. The molecule has 8 aromatic carbocycles. The van der Waals surface area contributed by atoms with Crippen molar-refractivity contribution in [3.8, 4) is 78.7 Å². The van der Waals surface area contributed by atoms with Gasteiger partial charge in [0.25, 0.3) is 0 Å². The molecule has 0 unspecified atom stereocenters. The number of hydrogen-bond acceptors (Lipinski definition) is 4. The normalized spacial score (nSPS) is 11.5. The molecule has 0 aliphatic carbocycles. The Morgan fingerprint density at radius 1 is 0.387 bits per heavy atom. The van der Waals surface area contributed by atoms with Crippen molar-refractivity contribution in [3.63, 3.8) is 0 Å². The van der Waals surface area contributed by atoms with Gasteiger partial charge in [-0.1, -0.05) is 194 Å².